The normalized spacial score (nSPS) is 30.0. The minimum Gasteiger partial charge on any atom is -0.345 e. The Morgan fingerprint density at radius 1 is 1.70 bits per heavy atom. The summed E-state index contributed by atoms with van der Waals surface area (Å²) >= 11 is 0. The zero-order chi connectivity index (χ0) is 7.40. The average molecular weight is 144 g/mol. The Hall–Kier alpha value is -0.120. The molecule has 59 valence electrons. The molecule has 1 saturated heterocycles. The van der Waals surface area contributed by atoms with Crippen LogP contribution in [0.1, 0.15) is 19.8 Å². The van der Waals surface area contributed by atoms with E-state index in [0.717, 1.165) is 25.9 Å². The maximum Gasteiger partial charge on any atom is 0.188 e. The van der Waals surface area contributed by atoms with E-state index >= 15 is 0 Å². The van der Waals surface area contributed by atoms with Gasteiger partial charge in [-0.25, -0.2) is 5.11 Å². The summed E-state index contributed by atoms with van der Waals surface area (Å²) in [7, 11) is 0. The Balaban J connectivity index is 2.13. The highest BCUT2D eigenvalue weighted by atomic mass is 16.6. The molecule has 0 bridgehead atoms. The third-order valence-corrected chi connectivity index (χ3v) is 1.64. The van der Waals surface area contributed by atoms with Gasteiger partial charge in [0, 0.05) is 6.54 Å². The lowest BCUT2D eigenvalue weighted by molar-refractivity contribution is -0.161. The molecule has 2 unspecified atom stereocenters. The van der Waals surface area contributed by atoms with Crippen LogP contribution in [-0.4, -0.2) is 25.5 Å². The van der Waals surface area contributed by atoms with Crippen molar-refractivity contribution in [1.29, 1.82) is 0 Å². The first-order chi connectivity index (χ1) is 4.79. The predicted octanol–water partition coefficient (Wildman–Crippen LogP) is 0.531. The summed E-state index contributed by atoms with van der Waals surface area (Å²) in [5.74, 6) is 0. The number of piperidine rings is 1. The van der Waals surface area contributed by atoms with Crippen molar-refractivity contribution in [3.05, 3.63) is 0 Å². The van der Waals surface area contributed by atoms with Crippen LogP contribution in [0.2, 0.25) is 0 Å². The summed E-state index contributed by atoms with van der Waals surface area (Å²) in [6.07, 6.45) is 1.43. The van der Waals surface area contributed by atoms with E-state index < -0.39 is 6.29 Å². The van der Waals surface area contributed by atoms with Crippen molar-refractivity contribution >= 4 is 0 Å². The topological polar surface area (TPSA) is 41.2 Å². The summed E-state index contributed by atoms with van der Waals surface area (Å²) in [4.78, 5) is 0. The quantitative estimate of drug-likeness (QED) is 0.574. The molecule has 3 nitrogen and oxygen atoms in total. The summed E-state index contributed by atoms with van der Waals surface area (Å²) in [6, 6.07) is 0. The number of hydrogen-bond donors (Lipinski definition) is 1. The summed E-state index contributed by atoms with van der Waals surface area (Å²) in [5.41, 5.74) is 0. The highest BCUT2D eigenvalue weighted by Gasteiger charge is 2.14. The Bertz CT molecular complexity index is 89.6. The van der Waals surface area contributed by atoms with Crippen molar-refractivity contribution in [3.8, 4) is 0 Å². The van der Waals surface area contributed by atoms with Crippen LogP contribution in [0, 0.1) is 0 Å². The first-order valence-electron chi connectivity index (χ1n) is 3.81. The third kappa shape index (κ3) is 2.64. The van der Waals surface area contributed by atoms with Crippen LogP contribution >= 0.6 is 0 Å². The van der Waals surface area contributed by atoms with Gasteiger partial charge in [0.1, 0.15) is 0 Å². The molecule has 0 aromatic rings. The molecule has 0 saturated carbocycles. The molecule has 0 aromatic heterocycles. The second-order valence-electron chi connectivity index (χ2n) is 2.67. The average Bonchev–Trinajstić information content (AvgIpc) is 1.88. The lowest BCUT2D eigenvalue weighted by Crippen LogP contribution is -2.36. The fraction of sp³-hybridized carbons (Fsp3) is 1.00. The van der Waals surface area contributed by atoms with Crippen LogP contribution in [0.5, 0.6) is 0 Å². The van der Waals surface area contributed by atoms with E-state index in [-0.39, 0.29) is 6.10 Å². The number of nitrogens with one attached hydrogen (secondary N) is 1. The molecule has 0 amide bonds. The molecule has 1 radical (unpaired) electrons. The number of ether oxygens (including phenoxy) is 1. The highest BCUT2D eigenvalue weighted by Crippen LogP contribution is 2.07. The summed E-state index contributed by atoms with van der Waals surface area (Å²) < 4.78 is 5.07. The van der Waals surface area contributed by atoms with Crippen LogP contribution in [0.25, 0.3) is 0 Å². The zero-order valence-corrected chi connectivity index (χ0v) is 6.30. The maximum atomic E-state index is 10.5. The molecule has 10 heavy (non-hydrogen) atoms. The molecule has 0 spiro atoms. The smallest absolute Gasteiger partial charge is 0.188 e. The van der Waals surface area contributed by atoms with Crippen molar-refractivity contribution in [1.82, 2.24) is 5.32 Å². The first-order valence-corrected chi connectivity index (χ1v) is 3.81. The van der Waals surface area contributed by atoms with E-state index in [9.17, 15) is 5.11 Å². The van der Waals surface area contributed by atoms with Crippen molar-refractivity contribution in [2.24, 2.45) is 0 Å². The van der Waals surface area contributed by atoms with E-state index in [4.69, 9.17) is 4.74 Å². The largest absolute Gasteiger partial charge is 0.345 e. The Morgan fingerprint density at radius 2 is 2.50 bits per heavy atom. The highest BCUT2D eigenvalue weighted by molar-refractivity contribution is 4.68. The molecule has 1 N–H and O–H groups in total. The molecule has 1 fully saturated rings. The van der Waals surface area contributed by atoms with Crippen molar-refractivity contribution in [2.45, 2.75) is 32.2 Å². The lowest BCUT2D eigenvalue weighted by atomic mass is 10.1. The second kappa shape index (κ2) is 3.91. The fourth-order valence-corrected chi connectivity index (χ4v) is 1.21. The van der Waals surface area contributed by atoms with Crippen LogP contribution in [0.15, 0.2) is 0 Å². The van der Waals surface area contributed by atoms with E-state index in [1.165, 1.54) is 6.92 Å². The Labute approximate surface area is 61.4 Å². The van der Waals surface area contributed by atoms with Crippen LogP contribution < -0.4 is 5.32 Å². The van der Waals surface area contributed by atoms with Gasteiger partial charge in [-0.3, -0.25) is 0 Å². The SMILES string of the molecule is CC([O])OC1CCCNC1. The van der Waals surface area contributed by atoms with E-state index in [2.05, 4.69) is 5.32 Å². The lowest BCUT2D eigenvalue weighted by Gasteiger charge is -2.23. The van der Waals surface area contributed by atoms with Gasteiger partial charge in [0.05, 0.1) is 6.10 Å². The monoisotopic (exact) mass is 144 g/mol. The minimum atomic E-state index is -0.870. The zero-order valence-electron chi connectivity index (χ0n) is 6.30. The molecular weight excluding hydrogens is 130 g/mol. The van der Waals surface area contributed by atoms with E-state index in [1.807, 2.05) is 0 Å². The van der Waals surface area contributed by atoms with Gasteiger partial charge in [-0.1, -0.05) is 0 Å². The van der Waals surface area contributed by atoms with Gasteiger partial charge in [0.15, 0.2) is 6.29 Å². The summed E-state index contributed by atoms with van der Waals surface area (Å²) in [5, 5.41) is 13.7. The molecular formula is C7H14NO2. The molecule has 3 heteroatoms. The molecule has 1 aliphatic heterocycles. The summed E-state index contributed by atoms with van der Waals surface area (Å²) in [6.45, 7) is 3.44. The van der Waals surface area contributed by atoms with Gasteiger partial charge < -0.3 is 10.1 Å². The van der Waals surface area contributed by atoms with Crippen LogP contribution in [0.3, 0.4) is 0 Å². The molecule has 0 aliphatic carbocycles. The third-order valence-electron chi connectivity index (χ3n) is 1.64. The van der Waals surface area contributed by atoms with E-state index in [0.29, 0.717) is 0 Å². The minimum absolute atomic E-state index is 0.154. The number of rotatable bonds is 2. The van der Waals surface area contributed by atoms with Crippen molar-refractivity contribution in [3.63, 3.8) is 0 Å². The second-order valence-corrected chi connectivity index (χ2v) is 2.67. The first kappa shape index (κ1) is 7.98. The molecule has 2 atom stereocenters. The van der Waals surface area contributed by atoms with Gasteiger partial charge in [-0.15, -0.1) is 0 Å². The van der Waals surface area contributed by atoms with Crippen LogP contribution in [-0.2, 0) is 9.84 Å². The predicted molar refractivity (Wildman–Crippen MR) is 37.1 cm³/mol. The van der Waals surface area contributed by atoms with Crippen LogP contribution in [0.4, 0.5) is 0 Å². The van der Waals surface area contributed by atoms with E-state index in [1.54, 1.807) is 0 Å². The molecule has 0 aromatic carbocycles. The standard InChI is InChI=1S/C7H14NO2/c1-6(9)10-7-3-2-4-8-5-7/h6-8H,2-5H2,1H3. The Kier molecular flexibility index (Phi) is 3.12. The van der Waals surface area contributed by atoms with Gasteiger partial charge in [0.25, 0.3) is 0 Å². The Morgan fingerprint density at radius 3 is 3.00 bits per heavy atom. The maximum absolute atomic E-state index is 10.5. The molecule has 1 aliphatic rings. The van der Waals surface area contributed by atoms with Gasteiger partial charge >= 0.3 is 0 Å². The van der Waals surface area contributed by atoms with Gasteiger partial charge in [-0.2, -0.15) is 0 Å². The fourth-order valence-electron chi connectivity index (χ4n) is 1.21. The van der Waals surface area contributed by atoms with Crippen molar-refractivity contribution < 1.29 is 9.84 Å². The van der Waals surface area contributed by atoms with Gasteiger partial charge in [-0.05, 0) is 26.3 Å². The number of hydrogen-bond acceptors (Lipinski definition) is 2. The van der Waals surface area contributed by atoms with Crippen molar-refractivity contribution in [2.75, 3.05) is 13.1 Å². The molecule has 1 rings (SSSR count). The van der Waals surface area contributed by atoms with Gasteiger partial charge in [0.2, 0.25) is 0 Å². The molecule has 1 heterocycles.